The lowest BCUT2D eigenvalue weighted by Crippen LogP contribution is -2.07. The zero-order valence-corrected chi connectivity index (χ0v) is 7.35. The molecule has 0 N–H and O–H groups in total. The normalized spacial score (nSPS) is 11.1. The second kappa shape index (κ2) is 3.61. The minimum Gasteiger partial charge on any atom is -0.347 e. The smallest absolute Gasteiger partial charge is 0.319 e. The molecule has 0 fully saturated rings. The van der Waals surface area contributed by atoms with Crippen molar-refractivity contribution in [3.63, 3.8) is 0 Å². The molecule has 0 radical (unpaired) electrons. The maximum Gasteiger partial charge on any atom is 0.319 e. The largest absolute Gasteiger partial charge is 0.347 e. The molecule has 0 aliphatic rings. The molecule has 0 amide bonds. The van der Waals surface area contributed by atoms with Gasteiger partial charge in [0, 0.05) is 24.8 Å². The Labute approximate surface area is 79.6 Å². The molecular formula is C9H9F2N3. The first-order valence-electron chi connectivity index (χ1n) is 4.18. The number of aromatic nitrogens is 3. The molecule has 5 heteroatoms. The highest BCUT2D eigenvalue weighted by atomic mass is 19.3. The van der Waals surface area contributed by atoms with Gasteiger partial charge >= 0.3 is 6.55 Å². The summed E-state index contributed by atoms with van der Waals surface area (Å²) < 4.78 is 27.5. The van der Waals surface area contributed by atoms with Crippen molar-refractivity contribution >= 4 is 0 Å². The summed E-state index contributed by atoms with van der Waals surface area (Å²) in [6.45, 7) is -2.16. The van der Waals surface area contributed by atoms with E-state index in [-0.39, 0.29) is 0 Å². The van der Waals surface area contributed by atoms with Crippen molar-refractivity contribution in [3.05, 3.63) is 42.7 Å². The highest BCUT2D eigenvalue weighted by Crippen LogP contribution is 2.13. The van der Waals surface area contributed by atoms with Crippen LogP contribution < -0.4 is 0 Å². The zero-order valence-electron chi connectivity index (χ0n) is 7.35. The van der Waals surface area contributed by atoms with Gasteiger partial charge in [-0.05, 0) is 12.1 Å². The fourth-order valence-electron chi connectivity index (χ4n) is 1.28. The Morgan fingerprint density at radius 1 is 1.21 bits per heavy atom. The summed E-state index contributed by atoms with van der Waals surface area (Å²) in [7, 11) is 0. The van der Waals surface area contributed by atoms with Crippen molar-refractivity contribution in [1.29, 1.82) is 0 Å². The Bertz CT molecular complexity index is 392. The van der Waals surface area contributed by atoms with Gasteiger partial charge in [0.15, 0.2) is 0 Å². The highest BCUT2D eigenvalue weighted by Gasteiger charge is 2.10. The average molecular weight is 197 g/mol. The van der Waals surface area contributed by atoms with Gasteiger partial charge in [-0.1, -0.05) is 0 Å². The Morgan fingerprint density at radius 2 is 1.93 bits per heavy atom. The molecule has 2 aromatic rings. The maximum absolute atomic E-state index is 12.4. The molecule has 0 unspecified atom stereocenters. The van der Waals surface area contributed by atoms with E-state index >= 15 is 0 Å². The van der Waals surface area contributed by atoms with E-state index in [1.807, 2.05) is 24.5 Å². The summed E-state index contributed by atoms with van der Waals surface area (Å²) in [4.78, 5) is 3.87. The number of nitrogens with zero attached hydrogens (tertiary/aromatic N) is 3. The number of halogens is 2. The fourth-order valence-corrected chi connectivity index (χ4v) is 1.28. The van der Waals surface area contributed by atoms with Gasteiger partial charge in [-0.25, -0.2) is 4.98 Å². The highest BCUT2D eigenvalue weighted by molar-refractivity contribution is 4.98. The first-order chi connectivity index (χ1) is 6.77. The van der Waals surface area contributed by atoms with E-state index in [1.165, 1.54) is 12.4 Å². The van der Waals surface area contributed by atoms with Gasteiger partial charge in [-0.15, -0.1) is 0 Å². The molecule has 0 spiro atoms. The van der Waals surface area contributed by atoms with Crippen LogP contribution >= 0.6 is 0 Å². The van der Waals surface area contributed by atoms with Crippen LogP contribution in [0, 0.1) is 0 Å². The molecule has 0 aliphatic heterocycles. The number of hydrogen-bond donors (Lipinski definition) is 0. The summed E-state index contributed by atoms with van der Waals surface area (Å²) in [5, 5.41) is 0. The van der Waals surface area contributed by atoms with Crippen molar-refractivity contribution in [2.45, 2.75) is 13.1 Å². The van der Waals surface area contributed by atoms with Gasteiger partial charge in [-0.2, -0.15) is 8.78 Å². The van der Waals surface area contributed by atoms with E-state index < -0.39 is 6.55 Å². The molecule has 0 aliphatic carbocycles. The minimum absolute atomic E-state index is 0.358. The molecule has 2 heterocycles. The maximum atomic E-state index is 12.4. The van der Waals surface area contributed by atoms with Gasteiger partial charge in [0.2, 0.25) is 0 Å². The Kier molecular flexibility index (Phi) is 2.30. The standard InChI is InChI=1S/C9H9F2N3/c10-9(11)14-6-3-12-8(14)7-13-4-1-2-5-13/h1-6,9H,7H2. The first kappa shape index (κ1) is 8.93. The number of imidazole rings is 1. The van der Waals surface area contributed by atoms with Crippen LogP contribution in [0.3, 0.4) is 0 Å². The molecule has 0 saturated carbocycles. The van der Waals surface area contributed by atoms with E-state index in [4.69, 9.17) is 0 Å². The SMILES string of the molecule is FC(F)n1ccnc1Cn1cccc1. The van der Waals surface area contributed by atoms with E-state index in [9.17, 15) is 8.78 Å². The van der Waals surface area contributed by atoms with Crippen molar-refractivity contribution < 1.29 is 8.78 Å². The molecule has 0 saturated heterocycles. The van der Waals surface area contributed by atoms with Gasteiger partial charge in [-0.3, -0.25) is 4.57 Å². The molecule has 0 atom stereocenters. The molecule has 0 aromatic carbocycles. The summed E-state index contributed by atoms with van der Waals surface area (Å²) in [5.41, 5.74) is 0. The minimum atomic E-state index is -2.52. The van der Waals surface area contributed by atoms with Crippen LogP contribution in [0.15, 0.2) is 36.9 Å². The zero-order chi connectivity index (χ0) is 9.97. The molecule has 14 heavy (non-hydrogen) atoms. The lowest BCUT2D eigenvalue weighted by atomic mass is 10.5. The average Bonchev–Trinajstić information content (AvgIpc) is 2.75. The molecule has 2 rings (SSSR count). The molecule has 2 aromatic heterocycles. The van der Waals surface area contributed by atoms with Crippen LogP contribution in [0.5, 0.6) is 0 Å². The molecule has 74 valence electrons. The summed E-state index contributed by atoms with van der Waals surface area (Å²) in [5.74, 6) is 0.358. The second-order valence-corrected chi connectivity index (χ2v) is 2.88. The van der Waals surface area contributed by atoms with Crippen LogP contribution in [-0.4, -0.2) is 14.1 Å². The topological polar surface area (TPSA) is 22.8 Å². The molecule has 3 nitrogen and oxygen atoms in total. The summed E-state index contributed by atoms with van der Waals surface area (Å²) in [6, 6.07) is 3.69. The predicted octanol–water partition coefficient (Wildman–Crippen LogP) is 2.13. The fraction of sp³-hybridized carbons (Fsp3) is 0.222. The number of hydrogen-bond acceptors (Lipinski definition) is 1. The summed E-state index contributed by atoms with van der Waals surface area (Å²) in [6.07, 6.45) is 6.28. The lowest BCUT2D eigenvalue weighted by Gasteiger charge is -2.06. The quantitative estimate of drug-likeness (QED) is 0.739. The van der Waals surface area contributed by atoms with Crippen LogP contribution in [0.25, 0.3) is 0 Å². The van der Waals surface area contributed by atoms with E-state index in [2.05, 4.69) is 4.98 Å². The van der Waals surface area contributed by atoms with E-state index in [0.29, 0.717) is 12.4 Å². The van der Waals surface area contributed by atoms with Crippen LogP contribution in [0.1, 0.15) is 12.4 Å². The Balaban J connectivity index is 2.21. The first-order valence-corrected chi connectivity index (χ1v) is 4.18. The molecule has 0 bridgehead atoms. The Hall–Kier alpha value is -1.65. The van der Waals surface area contributed by atoms with E-state index in [1.54, 1.807) is 4.57 Å². The lowest BCUT2D eigenvalue weighted by molar-refractivity contribution is 0.0667. The van der Waals surface area contributed by atoms with Crippen LogP contribution in [-0.2, 0) is 6.54 Å². The predicted molar refractivity (Wildman–Crippen MR) is 47.0 cm³/mol. The van der Waals surface area contributed by atoms with Crippen molar-refractivity contribution in [3.8, 4) is 0 Å². The van der Waals surface area contributed by atoms with Crippen LogP contribution in [0.2, 0.25) is 0 Å². The summed E-state index contributed by atoms with van der Waals surface area (Å²) >= 11 is 0. The van der Waals surface area contributed by atoms with Crippen LogP contribution in [0.4, 0.5) is 8.78 Å². The number of alkyl halides is 2. The third-order valence-electron chi connectivity index (χ3n) is 1.95. The van der Waals surface area contributed by atoms with Gasteiger partial charge in [0.05, 0.1) is 6.54 Å². The monoisotopic (exact) mass is 197 g/mol. The third-order valence-corrected chi connectivity index (χ3v) is 1.95. The molecular weight excluding hydrogens is 188 g/mol. The van der Waals surface area contributed by atoms with Gasteiger partial charge in [0.25, 0.3) is 0 Å². The third kappa shape index (κ3) is 1.66. The van der Waals surface area contributed by atoms with Crippen molar-refractivity contribution in [1.82, 2.24) is 14.1 Å². The van der Waals surface area contributed by atoms with Gasteiger partial charge in [0.1, 0.15) is 5.82 Å². The van der Waals surface area contributed by atoms with E-state index in [0.717, 1.165) is 4.57 Å². The number of rotatable bonds is 3. The Morgan fingerprint density at radius 3 is 2.57 bits per heavy atom. The second-order valence-electron chi connectivity index (χ2n) is 2.88. The van der Waals surface area contributed by atoms with Gasteiger partial charge < -0.3 is 4.57 Å². The van der Waals surface area contributed by atoms with Crippen molar-refractivity contribution in [2.75, 3.05) is 0 Å². The van der Waals surface area contributed by atoms with Crippen molar-refractivity contribution in [2.24, 2.45) is 0 Å².